The van der Waals surface area contributed by atoms with Gasteiger partial charge < -0.3 is 5.73 Å². The largest absolute Gasteiger partial charge is 0.385 e. The average molecular weight is 240 g/mol. The summed E-state index contributed by atoms with van der Waals surface area (Å²) in [6.45, 7) is 0. The molecule has 3 rings (SSSR count). The van der Waals surface area contributed by atoms with Crippen LogP contribution in [-0.4, -0.2) is 4.57 Å². The second kappa shape index (κ2) is 4.33. The van der Waals surface area contributed by atoms with Crippen LogP contribution in [0.4, 0.5) is 5.82 Å². The molecule has 1 aromatic heterocycles. The number of aromatic nitrogens is 1. The van der Waals surface area contributed by atoms with Gasteiger partial charge in [-0.05, 0) is 36.8 Å². The van der Waals surface area contributed by atoms with Crippen molar-refractivity contribution in [2.75, 3.05) is 5.73 Å². The topological polar surface area (TPSA) is 48.0 Å². The molecule has 0 bridgehead atoms. The third kappa shape index (κ3) is 1.72. The average Bonchev–Trinajstić information content (AvgIpc) is 2.40. The lowest BCUT2D eigenvalue weighted by Gasteiger charge is -2.23. The molecule has 92 valence electrons. The van der Waals surface area contributed by atoms with E-state index in [4.69, 9.17) is 5.73 Å². The first-order chi connectivity index (χ1) is 8.77. The van der Waals surface area contributed by atoms with E-state index >= 15 is 0 Å². The Hall–Kier alpha value is -2.03. The predicted molar refractivity (Wildman–Crippen MR) is 74.6 cm³/mol. The van der Waals surface area contributed by atoms with E-state index in [1.54, 1.807) is 4.57 Å². The van der Waals surface area contributed by atoms with Gasteiger partial charge in [0.2, 0.25) is 0 Å². The van der Waals surface area contributed by atoms with E-state index in [2.05, 4.69) is 12.2 Å². The Labute approximate surface area is 106 Å². The molecular weight excluding hydrogens is 224 g/mol. The van der Waals surface area contributed by atoms with Gasteiger partial charge in [-0.25, -0.2) is 0 Å². The van der Waals surface area contributed by atoms with Crippen LogP contribution in [0.1, 0.15) is 25.3 Å². The Morgan fingerprint density at radius 1 is 1.22 bits per heavy atom. The Morgan fingerprint density at radius 2 is 2.06 bits per heavy atom. The van der Waals surface area contributed by atoms with E-state index in [-0.39, 0.29) is 11.6 Å². The summed E-state index contributed by atoms with van der Waals surface area (Å²) in [7, 11) is 0. The molecule has 0 saturated carbocycles. The molecule has 0 amide bonds. The van der Waals surface area contributed by atoms with Crippen molar-refractivity contribution in [3.63, 3.8) is 0 Å². The summed E-state index contributed by atoms with van der Waals surface area (Å²) in [5.41, 5.74) is 6.09. The first-order valence-corrected chi connectivity index (χ1v) is 6.32. The number of fused-ring (bicyclic) bond motifs is 1. The van der Waals surface area contributed by atoms with E-state index in [0.717, 1.165) is 30.0 Å². The smallest absolute Gasteiger partial charge is 0.260 e. The van der Waals surface area contributed by atoms with Gasteiger partial charge in [0.05, 0.1) is 0 Å². The summed E-state index contributed by atoms with van der Waals surface area (Å²) in [4.78, 5) is 12.5. The number of nitrogens with two attached hydrogens (primary N) is 1. The van der Waals surface area contributed by atoms with Crippen LogP contribution < -0.4 is 11.3 Å². The zero-order valence-corrected chi connectivity index (χ0v) is 10.2. The molecule has 18 heavy (non-hydrogen) atoms. The van der Waals surface area contributed by atoms with Crippen molar-refractivity contribution in [3.05, 3.63) is 52.8 Å². The van der Waals surface area contributed by atoms with Gasteiger partial charge in [-0.15, -0.1) is 0 Å². The van der Waals surface area contributed by atoms with Gasteiger partial charge in [-0.3, -0.25) is 9.36 Å². The van der Waals surface area contributed by atoms with Gasteiger partial charge >= 0.3 is 0 Å². The molecule has 0 radical (unpaired) electrons. The molecule has 2 N–H and O–H groups in total. The molecule has 0 spiro atoms. The number of allylic oxidation sites excluding steroid dienone is 2. The van der Waals surface area contributed by atoms with Gasteiger partial charge in [-0.2, -0.15) is 0 Å². The number of hydrogen-bond donors (Lipinski definition) is 1. The lowest BCUT2D eigenvalue weighted by Crippen LogP contribution is -2.27. The number of pyridine rings is 1. The van der Waals surface area contributed by atoms with E-state index < -0.39 is 0 Å². The molecule has 2 aromatic rings. The molecule has 0 saturated heterocycles. The highest BCUT2D eigenvalue weighted by molar-refractivity contribution is 5.83. The zero-order chi connectivity index (χ0) is 12.5. The monoisotopic (exact) mass is 240 g/mol. The molecule has 1 unspecified atom stereocenters. The Bertz CT molecular complexity index is 670. The van der Waals surface area contributed by atoms with Gasteiger partial charge in [-0.1, -0.05) is 30.4 Å². The van der Waals surface area contributed by atoms with Crippen LogP contribution in [0.15, 0.2) is 47.3 Å². The summed E-state index contributed by atoms with van der Waals surface area (Å²) in [5, 5.41) is 1.67. The van der Waals surface area contributed by atoms with Crippen LogP contribution in [0.5, 0.6) is 0 Å². The molecule has 1 heterocycles. The Morgan fingerprint density at radius 3 is 2.83 bits per heavy atom. The van der Waals surface area contributed by atoms with Crippen molar-refractivity contribution in [3.8, 4) is 0 Å². The van der Waals surface area contributed by atoms with Crippen LogP contribution in [0.2, 0.25) is 0 Å². The standard InChI is InChI=1S/C15H16N2O/c16-14-10-11-6-4-5-9-13(11)15(18)17(14)12-7-2-1-3-8-12/h1-2,4-6,9-10,12H,3,7-8,16H2. The van der Waals surface area contributed by atoms with E-state index in [9.17, 15) is 4.79 Å². The fraction of sp³-hybridized carbons (Fsp3) is 0.267. The van der Waals surface area contributed by atoms with Crippen LogP contribution in [-0.2, 0) is 0 Å². The summed E-state index contributed by atoms with van der Waals surface area (Å²) in [6, 6.07) is 9.71. The van der Waals surface area contributed by atoms with Crippen molar-refractivity contribution in [1.82, 2.24) is 4.57 Å². The second-order valence-electron chi connectivity index (χ2n) is 4.77. The maximum Gasteiger partial charge on any atom is 0.260 e. The number of nitrogens with zero attached hydrogens (tertiary/aromatic N) is 1. The van der Waals surface area contributed by atoms with E-state index in [1.165, 1.54) is 0 Å². The Balaban J connectivity index is 2.22. The van der Waals surface area contributed by atoms with Crippen molar-refractivity contribution in [2.45, 2.75) is 25.3 Å². The SMILES string of the molecule is Nc1cc2ccccc2c(=O)n1C1CC=CCC1. The molecule has 1 aliphatic carbocycles. The van der Waals surface area contributed by atoms with E-state index in [1.807, 2.05) is 30.3 Å². The summed E-state index contributed by atoms with van der Waals surface area (Å²) in [5.74, 6) is 0.569. The number of rotatable bonds is 1. The van der Waals surface area contributed by atoms with Crippen LogP contribution in [0, 0.1) is 0 Å². The van der Waals surface area contributed by atoms with Crippen molar-refractivity contribution in [2.24, 2.45) is 0 Å². The molecule has 3 heteroatoms. The number of benzene rings is 1. The van der Waals surface area contributed by atoms with Gasteiger partial charge in [0.25, 0.3) is 5.56 Å². The molecule has 0 fully saturated rings. The van der Waals surface area contributed by atoms with E-state index in [0.29, 0.717) is 5.82 Å². The van der Waals surface area contributed by atoms with Crippen LogP contribution in [0.3, 0.4) is 0 Å². The summed E-state index contributed by atoms with van der Waals surface area (Å²) in [6.07, 6.45) is 7.19. The highest BCUT2D eigenvalue weighted by Gasteiger charge is 2.17. The third-order valence-corrected chi connectivity index (χ3v) is 3.60. The molecular formula is C15H16N2O. The maximum absolute atomic E-state index is 12.5. The minimum atomic E-state index is 0.0332. The molecule has 1 atom stereocenters. The van der Waals surface area contributed by atoms with Gasteiger partial charge in [0.1, 0.15) is 5.82 Å². The van der Waals surface area contributed by atoms with Crippen molar-refractivity contribution >= 4 is 16.6 Å². The fourth-order valence-corrected chi connectivity index (χ4v) is 2.68. The third-order valence-electron chi connectivity index (χ3n) is 3.60. The zero-order valence-electron chi connectivity index (χ0n) is 10.2. The van der Waals surface area contributed by atoms with Crippen LogP contribution in [0.25, 0.3) is 10.8 Å². The number of nitrogen functional groups attached to an aromatic ring is 1. The first kappa shape index (κ1) is 11.1. The van der Waals surface area contributed by atoms with Crippen molar-refractivity contribution < 1.29 is 0 Å². The van der Waals surface area contributed by atoms with Crippen LogP contribution >= 0.6 is 0 Å². The fourth-order valence-electron chi connectivity index (χ4n) is 2.68. The molecule has 1 aromatic carbocycles. The highest BCUT2D eigenvalue weighted by atomic mass is 16.1. The maximum atomic E-state index is 12.5. The molecule has 1 aliphatic rings. The quantitative estimate of drug-likeness (QED) is 0.779. The van der Waals surface area contributed by atoms with Gasteiger partial charge in [0, 0.05) is 11.4 Å². The number of anilines is 1. The lowest BCUT2D eigenvalue weighted by atomic mass is 10.0. The highest BCUT2D eigenvalue weighted by Crippen LogP contribution is 2.26. The first-order valence-electron chi connectivity index (χ1n) is 6.32. The second-order valence-corrected chi connectivity index (χ2v) is 4.77. The molecule has 3 nitrogen and oxygen atoms in total. The minimum Gasteiger partial charge on any atom is -0.385 e. The summed E-state index contributed by atoms with van der Waals surface area (Å²) >= 11 is 0. The lowest BCUT2D eigenvalue weighted by molar-refractivity contribution is 0.456. The Kier molecular flexibility index (Phi) is 2.67. The van der Waals surface area contributed by atoms with Crippen molar-refractivity contribution in [1.29, 1.82) is 0 Å². The predicted octanol–water partition coefficient (Wildman–Crippen LogP) is 2.86. The molecule has 0 aliphatic heterocycles. The summed E-state index contributed by atoms with van der Waals surface area (Å²) < 4.78 is 1.76. The van der Waals surface area contributed by atoms with Gasteiger partial charge in [0.15, 0.2) is 0 Å². The normalized spacial score (nSPS) is 19.2. The minimum absolute atomic E-state index is 0.0332. The number of hydrogen-bond acceptors (Lipinski definition) is 2.